The van der Waals surface area contributed by atoms with Crippen LogP contribution in [0.4, 0.5) is 11.6 Å². The van der Waals surface area contributed by atoms with Gasteiger partial charge in [-0.2, -0.15) is 4.98 Å². The van der Waals surface area contributed by atoms with Crippen molar-refractivity contribution in [2.45, 2.75) is 101 Å². The summed E-state index contributed by atoms with van der Waals surface area (Å²) < 4.78 is 0. The highest BCUT2D eigenvalue weighted by Crippen LogP contribution is 2.13. The van der Waals surface area contributed by atoms with Crippen LogP contribution in [0.3, 0.4) is 0 Å². The molecular weight excluding hydrogens is 910 g/mol. The van der Waals surface area contributed by atoms with Gasteiger partial charge in [-0.1, -0.05) is 0 Å². The van der Waals surface area contributed by atoms with E-state index >= 15 is 0 Å². The van der Waals surface area contributed by atoms with Crippen LogP contribution in [0.15, 0.2) is 35.3 Å². The number of nitrogen functional groups attached to an aromatic ring is 1. The van der Waals surface area contributed by atoms with E-state index in [0.29, 0.717) is 11.4 Å². The molecule has 366 valence electrons. The van der Waals surface area contributed by atoms with Crippen LogP contribution in [0.2, 0.25) is 0 Å². The number of fused-ring (bicyclic) bond motifs is 1. The first-order valence-electron chi connectivity index (χ1n) is 20.2. The van der Waals surface area contributed by atoms with Gasteiger partial charge in [-0.15, -0.1) is 0 Å². The first kappa shape index (κ1) is 53.5. The van der Waals surface area contributed by atoms with Gasteiger partial charge in [0.1, 0.15) is 30.2 Å². The fourth-order valence-corrected chi connectivity index (χ4v) is 5.95. The number of nitrogens with one attached hydrogen (secondary N) is 7. The molecule has 0 unspecified atom stereocenters. The molecule has 15 N–H and O–H groups in total. The van der Waals surface area contributed by atoms with E-state index in [4.69, 9.17) is 15.9 Å². The lowest BCUT2D eigenvalue weighted by atomic mass is 10.1. The SMILES string of the molecule is Nc1nc2ncc(CNc3ccc(C(=O)N[C@H](CCC(=O)N[C@H](CCC(=O)N[C@H](CCC(=O)N[C@@H](CCC(=O)N[C@H](CCC(=O)O)C(=O)O)C(=O)O)C(=O)O)C(=O)O)C(=O)O)cc3)nc2c(=O)[nH]1. The van der Waals surface area contributed by atoms with Crippen LogP contribution in [0.25, 0.3) is 11.2 Å². The fourth-order valence-electron chi connectivity index (χ4n) is 5.95. The molecule has 29 nitrogen and oxygen atoms in total. The Bertz CT molecular complexity index is 2460. The van der Waals surface area contributed by atoms with E-state index in [1.54, 1.807) is 0 Å². The summed E-state index contributed by atoms with van der Waals surface area (Å²) in [6.07, 6.45) is -4.37. The molecule has 68 heavy (non-hydrogen) atoms. The first-order valence-corrected chi connectivity index (χ1v) is 20.2. The van der Waals surface area contributed by atoms with Crippen molar-refractivity contribution in [2.24, 2.45) is 0 Å². The second-order valence-corrected chi connectivity index (χ2v) is 14.7. The molecule has 0 radical (unpaired) electrons. The van der Waals surface area contributed by atoms with E-state index in [1.165, 1.54) is 30.5 Å². The monoisotopic (exact) mass is 957 g/mol. The van der Waals surface area contributed by atoms with E-state index < -0.39 is 165 Å². The van der Waals surface area contributed by atoms with Gasteiger partial charge in [0.25, 0.3) is 11.5 Å². The molecule has 5 amide bonds. The molecule has 0 bridgehead atoms. The van der Waals surface area contributed by atoms with Crippen molar-refractivity contribution in [3.8, 4) is 0 Å². The Morgan fingerprint density at radius 1 is 0.544 bits per heavy atom. The van der Waals surface area contributed by atoms with E-state index in [-0.39, 0.29) is 29.2 Å². The molecule has 0 aliphatic heterocycles. The maximum absolute atomic E-state index is 12.9. The summed E-state index contributed by atoms with van der Waals surface area (Å²) in [6, 6.07) is -2.57. The highest BCUT2D eigenvalue weighted by molar-refractivity contribution is 5.97. The third kappa shape index (κ3) is 18.0. The van der Waals surface area contributed by atoms with Crippen LogP contribution in [-0.4, -0.2) is 146 Å². The average molecular weight is 958 g/mol. The number of aliphatic carboxylic acids is 6. The molecule has 0 aliphatic carbocycles. The van der Waals surface area contributed by atoms with Gasteiger partial charge < -0.3 is 68.3 Å². The number of H-pyrrole nitrogens is 1. The zero-order chi connectivity index (χ0) is 50.7. The Balaban J connectivity index is 1.44. The number of nitrogens with zero attached hydrogens (tertiary/aromatic N) is 3. The zero-order valence-electron chi connectivity index (χ0n) is 35.6. The number of nitrogens with two attached hydrogens (primary N) is 1. The molecule has 5 atom stereocenters. The summed E-state index contributed by atoms with van der Waals surface area (Å²) in [5.41, 5.74) is 5.89. The molecule has 1 aromatic carbocycles. The number of carboxylic acids is 6. The van der Waals surface area contributed by atoms with Gasteiger partial charge in [-0.3, -0.25) is 38.5 Å². The molecule has 3 aromatic rings. The standard InChI is InChI=1S/C39H47N11O18/c40-39-49-31-30(33(58)50-39)43-19(16-42-31)15-41-18-3-1-17(2-4-18)32(57)48-24(38(67)68)8-13-28(54)46-22(36(63)64)6-11-26(52)44-20(34(59)60)5-10-25(51)45-21(35(61)62)7-12-27(53)47-23(37(65)66)9-14-29(55)56/h1-4,16,20-24,41H,5-15H2,(H,44,52)(H,45,51)(H,46,54)(H,47,53)(H,48,57)(H,55,56)(H,59,60)(H,61,62)(H,63,64)(H,65,66)(H,67,68)(H3,40,42,49,50,58)/t20-,21+,22-,23-,24-/m1/s1. The molecule has 0 saturated carbocycles. The third-order valence-corrected chi connectivity index (χ3v) is 9.53. The number of aromatic nitrogens is 4. The lowest BCUT2D eigenvalue weighted by Gasteiger charge is -2.19. The van der Waals surface area contributed by atoms with Crippen molar-refractivity contribution < 1.29 is 83.4 Å². The number of hydrogen-bond acceptors (Lipinski definition) is 17. The summed E-state index contributed by atoms with van der Waals surface area (Å²) >= 11 is 0. The number of hydrogen-bond donors (Lipinski definition) is 14. The predicted molar refractivity (Wildman–Crippen MR) is 227 cm³/mol. The summed E-state index contributed by atoms with van der Waals surface area (Å²) in [4.78, 5) is 159. The normalized spacial score (nSPS) is 13.0. The largest absolute Gasteiger partial charge is 0.481 e. The summed E-state index contributed by atoms with van der Waals surface area (Å²) in [5, 5.41) is 69.9. The highest BCUT2D eigenvalue weighted by Gasteiger charge is 2.28. The molecule has 0 fully saturated rings. The molecule has 2 aromatic heterocycles. The van der Waals surface area contributed by atoms with E-state index in [9.17, 15) is 78.0 Å². The van der Waals surface area contributed by atoms with Crippen molar-refractivity contribution in [1.82, 2.24) is 46.5 Å². The Morgan fingerprint density at radius 2 is 0.926 bits per heavy atom. The lowest BCUT2D eigenvalue weighted by molar-refractivity contribution is -0.144. The number of carbonyl (C=O) groups excluding carboxylic acids is 5. The van der Waals surface area contributed by atoms with Crippen molar-refractivity contribution in [1.29, 1.82) is 0 Å². The lowest BCUT2D eigenvalue weighted by Crippen LogP contribution is -2.46. The van der Waals surface area contributed by atoms with Crippen molar-refractivity contribution in [3.63, 3.8) is 0 Å². The molecular formula is C39H47N11O18. The summed E-state index contributed by atoms with van der Waals surface area (Å²) in [6.45, 7) is 0.114. The second kappa shape index (κ2) is 25.6. The number of carboxylic acid groups (broad SMARTS) is 6. The Kier molecular flexibility index (Phi) is 20.2. The van der Waals surface area contributed by atoms with Crippen molar-refractivity contribution >= 4 is 88.2 Å². The van der Waals surface area contributed by atoms with Gasteiger partial charge in [0.15, 0.2) is 11.2 Å². The molecule has 29 heteroatoms. The van der Waals surface area contributed by atoms with Crippen LogP contribution < -0.4 is 43.2 Å². The van der Waals surface area contributed by atoms with Crippen LogP contribution >= 0.6 is 0 Å². The number of amides is 5. The van der Waals surface area contributed by atoms with E-state index in [1.807, 2.05) is 5.32 Å². The minimum Gasteiger partial charge on any atom is -0.481 e. The number of rotatable bonds is 29. The Hall–Kier alpha value is -8.79. The minimum atomic E-state index is -1.73. The molecule has 0 saturated heterocycles. The molecule has 3 rings (SSSR count). The van der Waals surface area contributed by atoms with Crippen LogP contribution in [0, 0.1) is 0 Å². The topological polar surface area (TPSA) is 479 Å². The van der Waals surface area contributed by atoms with Gasteiger partial charge in [-0.05, 0) is 56.4 Å². The van der Waals surface area contributed by atoms with Gasteiger partial charge in [0.2, 0.25) is 29.6 Å². The Morgan fingerprint density at radius 3 is 1.31 bits per heavy atom. The first-order chi connectivity index (χ1) is 32.0. The second-order valence-electron chi connectivity index (χ2n) is 14.7. The molecule has 0 spiro atoms. The van der Waals surface area contributed by atoms with Gasteiger partial charge in [0.05, 0.1) is 18.4 Å². The zero-order valence-corrected chi connectivity index (χ0v) is 35.6. The molecule has 0 aliphatic rings. The summed E-state index contributed by atoms with van der Waals surface area (Å²) in [5.74, 6) is -14.1. The van der Waals surface area contributed by atoms with Crippen molar-refractivity contribution in [2.75, 3.05) is 11.1 Å². The number of benzene rings is 1. The summed E-state index contributed by atoms with van der Waals surface area (Å²) in [7, 11) is 0. The van der Waals surface area contributed by atoms with E-state index in [2.05, 4.69) is 46.5 Å². The highest BCUT2D eigenvalue weighted by atomic mass is 16.4. The quantitative estimate of drug-likeness (QED) is 0.0338. The van der Waals surface area contributed by atoms with Crippen LogP contribution in [-0.2, 0) is 54.5 Å². The third-order valence-electron chi connectivity index (χ3n) is 9.53. The molecule has 2 heterocycles. The smallest absolute Gasteiger partial charge is 0.326 e. The average Bonchev–Trinajstić information content (AvgIpc) is 3.26. The minimum absolute atomic E-state index is 0.0250. The van der Waals surface area contributed by atoms with Gasteiger partial charge in [0, 0.05) is 43.4 Å². The number of aromatic amines is 1. The Labute approximate surface area is 381 Å². The van der Waals surface area contributed by atoms with Crippen molar-refractivity contribution in [3.05, 3.63) is 52.1 Å². The number of carbonyl (C=O) groups is 11. The maximum atomic E-state index is 12.9. The fraction of sp³-hybridized carbons (Fsp3) is 0.410. The predicted octanol–water partition coefficient (Wildman–Crippen LogP) is -2.65. The number of anilines is 2. The van der Waals surface area contributed by atoms with Crippen LogP contribution in [0.5, 0.6) is 0 Å². The van der Waals surface area contributed by atoms with E-state index in [0.717, 1.165) is 0 Å². The van der Waals surface area contributed by atoms with Crippen LogP contribution in [0.1, 0.15) is 80.3 Å². The van der Waals surface area contributed by atoms with Gasteiger partial charge >= 0.3 is 35.8 Å². The maximum Gasteiger partial charge on any atom is 0.326 e. The van der Waals surface area contributed by atoms with Gasteiger partial charge in [-0.25, -0.2) is 33.9 Å².